The Kier molecular flexibility index (Phi) is 6.17. The van der Waals surface area contributed by atoms with E-state index in [2.05, 4.69) is 112 Å². The Labute approximate surface area is 295 Å². The first kappa shape index (κ1) is 28.8. The first-order chi connectivity index (χ1) is 25.2. The average Bonchev–Trinajstić information content (AvgIpc) is 3.84. The molecule has 0 aliphatic rings. The summed E-state index contributed by atoms with van der Waals surface area (Å²) in [6, 6.07) is 54.8. The van der Waals surface area contributed by atoms with Crippen molar-refractivity contribution in [3.63, 3.8) is 0 Å². The first-order valence-electron chi connectivity index (χ1n) is 16.5. The van der Waals surface area contributed by atoms with Crippen LogP contribution >= 0.6 is 11.3 Å². The number of hydrogen-bond donors (Lipinski definition) is 0. The average molecular weight is 666 g/mol. The summed E-state index contributed by atoms with van der Waals surface area (Å²) in [6.07, 6.45) is 0. The standard InChI is InChI=1S/C45H23N5S/c46-24-27-18-19-41-36(20-27)33-13-1-3-16-39(33)49(41)31-11-5-8-28(21-31)29-9-6-12-32(22-29)50-40-17-4-2-14-35(40)43-38(26-48)45-37(23-42(43)50)34-15-7-10-30(25-47)44(34)51-45/h1-23H. The summed E-state index contributed by atoms with van der Waals surface area (Å²) >= 11 is 1.52. The molecule has 7 aromatic carbocycles. The van der Waals surface area contributed by atoms with Gasteiger partial charge in [-0.05, 0) is 77.9 Å². The minimum Gasteiger partial charge on any atom is -0.309 e. The van der Waals surface area contributed by atoms with E-state index in [1.54, 1.807) is 0 Å². The topological polar surface area (TPSA) is 81.2 Å². The van der Waals surface area contributed by atoms with Crippen molar-refractivity contribution in [1.29, 1.82) is 15.8 Å². The summed E-state index contributed by atoms with van der Waals surface area (Å²) in [5.41, 5.74) is 10.2. The Morgan fingerprint density at radius 1 is 0.431 bits per heavy atom. The molecule has 3 heterocycles. The zero-order valence-corrected chi connectivity index (χ0v) is 27.7. The first-order valence-corrected chi connectivity index (χ1v) is 17.3. The van der Waals surface area contributed by atoms with Crippen LogP contribution in [0, 0.1) is 34.0 Å². The number of benzene rings is 7. The summed E-state index contributed by atoms with van der Waals surface area (Å²) in [6.45, 7) is 0. The molecule has 0 unspecified atom stereocenters. The summed E-state index contributed by atoms with van der Waals surface area (Å²) in [5, 5.41) is 36.2. The molecule has 10 aromatic rings. The van der Waals surface area contributed by atoms with Crippen LogP contribution in [0.2, 0.25) is 0 Å². The van der Waals surface area contributed by atoms with Gasteiger partial charge in [0, 0.05) is 43.7 Å². The van der Waals surface area contributed by atoms with Crippen molar-refractivity contribution in [3.8, 4) is 40.7 Å². The lowest BCUT2D eigenvalue weighted by Gasteiger charge is -2.13. The van der Waals surface area contributed by atoms with Crippen molar-refractivity contribution in [1.82, 2.24) is 9.13 Å². The molecule has 0 fully saturated rings. The molecule has 5 nitrogen and oxygen atoms in total. The van der Waals surface area contributed by atoms with E-state index in [-0.39, 0.29) is 0 Å². The Morgan fingerprint density at radius 2 is 1.06 bits per heavy atom. The Bertz CT molecular complexity index is 3240. The monoisotopic (exact) mass is 665 g/mol. The highest BCUT2D eigenvalue weighted by atomic mass is 32.1. The molecule has 0 N–H and O–H groups in total. The van der Waals surface area contributed by atoms with Crippen LogP contribution < -0.4 is 0 Å². The number of para-hydroxylation sites is 2. The van der Waals surface area contributed by atoms with E-state index in [9.17, 15) is 15.8 Å². The molecule has 3 aromatic heterocycles. The maximum Gasteiger partial charge on any atom is 0.101 e. The Morgan fingerprint density at radius 3 is 1.76 bits per heavy atom. The van der Waals surface area contributed by atoms with Gasteiger partial charge in [0.1, 0.15) is 12.1 Å². The highest BCUT2D eigenvalue weighted by Crippen LogP contribution is 2.44. The molecule has 0 saturated heterocycles. The number of thiophene rings is 1. The number of rotatable bonds is 3. The summed E-state index contributed by atoms with van der Waals surface area (Å²) < 4.78 is 6.34. The third kappa shape index (κ3) is 4.11. The van der Waals surface area contributed by atoms with E-state index in [4.69, 9.17) is 0 Å². The predicted octanol–water partition coefficient (Wildman–Crippen LogP) is 11.5. The van der Waals surface area contributed by atoms with Crippen LogP contribution in [0.4, 0.5) is 0 Å². The van der Waals surface area contributed by atoms with Gasteiger partial charge in [0.2, 0.25) is 0 Å². The zero-order valence-electron chi connectivity index (χ0n) is 26.9. The molecule has 51 heavy (non-hydrogen) atoms. The van der Waals surface area contributed by atoms with Crippen molar-refractivity contribution in [2.45, 2.75) is 0 Å². The molecule has 0 atom stereocenters. The second kappa shape index (κ2) is 10.9. The fraction of sp³-hybridized carbons (Fsp3) is 0. The lowest BCUT2D eigenvalue weighted by atomic mass is 10.0. The normalized spacial score (nSPS) is 11.5. The zero-order chi connectivity index (χ0) is 34.2. The molecule has 0 aliphatic carbocycles. The van der Waals surface area contributed by atoms with Crippen LogP contribution in [0.15, 0.2) is 140 Å². The molecule has 0 amide bonds. The van der Waals surface area contributed by atoms with Crippen molar-refractivity contribution < 1.29 is 0 Å². The third-order valence-corrected chi connectivity index (χ3v) is 11.3. The fourth-order valence-corrected chi connectivity index (χ4v) is 9.06. The maximum absolute atomic E-state index is 10.6. The van der Waals surface area contributed by atoms with Gasteiger partial charge in [-0.3, -0.25) is 0 Å². The second-order valence-electron chi connectivity index (χ2n) is 12.7. The van der Waals surface area contributed by atoms with Gasteiger partial charge in [0.25, 0.3) is 0 Å². The predicted molar refractivity (Wildman–Crippen MR) is 208 cm³/mol. The molecule has 10 rings (SSSR count). The smallest absolute Gasteiger partial charge is 0.101 e. The molecule has 0 saturated carbocycles. The fourth-order valence-electron chi connectivity index (χ4n) is 7.82. The lowest BCUT2D eigenvalue weighted by Crippen LogP contribution is -1.96. The molecular weight excluding hydrogens is 643 g/mol. The van der Waals surface area contributed by atoms with Gasteiger partial charge >= 0.3 is 0 Å². The number of fused-ring (bicyclic) bond motifs is 9. The third-order valence-electron chi connectivity index (χ3n) is 10.00. The second-order valence-corrected chi connectivity index (χ2v) is 13.7. The van der Waals surface area contributed by atoms with Crippen molar-refractivity contribution in [2.75, 3.05) is 0 Å². The quantitative estimate of drug-likeness (QED) is 0.188. The summed E-state index contributed by atoms with van der Waals surface area (Å²) in [7, 11) is 0. The molecule has 0 bridgehead atoms. The molecule has 0 spiro atoms. The molecule has 0 aliphatic heterocycles. The Balaban J connectivity index is 1.19. The number of nitrogens with zero attached hydrogens (tertiary/aromatic N) is 5. The number of aromatic nitrogens is 2. The summed E-state index contributed by atoms with van der Waals surface area (Å²) in [4.78, 5) is 0. The molecular formula is C45H23N5S. The van der Waals surface area contributed by atoms with Crippen LogP contribution in [-0.4, -0.2) is 9.13 Å². The van der Waals surface area contributed by atoms with Gasteiger partial charge in [-0.1, -0.05) is 72.8 Å². The van der Waals surface area contributed by atoms with E-state index in [0.29, 0.717) is 16.7 Å². The minimum absolute atomic E-state index is 0.623. The molecule has 6 heteroatoms. The van der Waals surface area contributed by atoms with Crippen LogP contribution in [0.25, 0.3) is 86.3 Å². The lowest BCUT2D eigenvalue weighted by molar-refractivity contribution is 1.17. The van der Waals surface area contributed by atoms with E-state index in [1.807, 2.05) is 54.6 Å². The van der Waals surface area contributed by atoms with Crippen molar-refractivity contribution in [3.05, 3.63) is 156 Å². The van der Waals surface area contributed by atoms with E-state index < -0.39 is 0 Å². The highest BCUT2D eigenvalue weighted by molar-refractivity contribution is 7.26. The highest BCUT2D eigenvalue weighted by Gasteiger charge is 2.21. The van der Waals surface area contributed by atoms with E-state index >= 15 is 0 Å². The minimum atomic E-state index is 0.623. The summed E-state index contributed by atoms with van der Waals surface area (Å²) in [5.74, 6) is 0. The van der Waals surface area contributed by atoms with Crippen LogP contribution in [0.3, 0.4) is 0 Å². The largest absolute Gasteiger partial charge is 0.309 e. The van der Waals surface area contributed by atoms with Crippen molar-refractivity contribution in [2.24, 2.45) is 0 Å². The van der Waals surface area contributed by atoms with Crippen molar-refractivity contribution >= 4 is 75.1 Å². The van der Waals surface area contributed by atoms with Gasteiger partial charge in [-0.25, -0.2) is 0 Å². The van der Waals surface area contributed by atoms with Crippen LogP contribution in [0.5, 0.6) is 0 Å². The molecule has 234 valence electrons. The van der Waals surface area contributed by atoms with Gasteiger partial charge in [0.15, 0.2) is 0 Å². The van der Waals surface area contributed by atoms with Gasteiger partial charge < -0.3 is 9.13 Å². The number of nitriles is 3. The Hall–Kier alpha value is -7.17. The van der Waals surface area contributed by atoms with Crippen LogP contribution in [0.1, 0.15) is 16.7 Å². The molecule has 0 radical (unpaired) electrons. The van der Waals surface area contributed by atoms with E-state index in [1.165, 1.54) is 11.3 Å². The van der Waals surface area contributed by atoms with Gasteiger partial charge in [0.05, 0.1) is 54.2 Å². The SMILES string of the molecule is N#Cc1ccc2c(c1)c1ccccc1n2-c1cccc(-c2cccc(-n3c4ccccc4c4c(C#N)c5sc6c(C#N)cccc6c5cc43)c2)c1. The maximum atomic E-state index is 10.6. The number of hydrogen-bond acceptors (Lipinski definition) is 4. The van der Waals surface area contributed by atoms with Gasteiger partial charge in [-0.2, -0.15) is 15.8 Å². The van der Waals surface area contributed by atoms with Gasteiger partial charge in [-0.15, -0.1) is 11.3 Å². The van der Waals surface area contributed by atoms with Crippen LogP contribution in [-0.2, 0) is 0 Å². The van der Waals surface area contributed by atoms with E-state index in [0.717, 1.165) is 86.3 Å².